The van der Waals surface area contributed by atoms with Gasteiger partial charge in [0.05, 0.1) is 28.4 Å². The maximum Gasteiger partial charge on any atom is 0.237 e. The van der Waals surface area contributed by atoms with Crippen molar-refractivity contribution in [3.8, 4) is 17.2 Å². The highest BCUT2D eigenvalue weighted by Gasteiger charge is 2.16. The summed E-state index contributed by atoms with van der Waals surface area (Å²) >= 11 is 1.45. The molecule has 0 saturated carbocycles. The maximum absolute atomic E-state index is 10.1. The van der Waals surface area contributed by atoms with Crippen LogP contribution in [0.1, 0.15) is 46.3 Å². The summed E-state index contributed by atoms with van der Waals surface area (Å²) in [7, 11) is 0. The Kier molecular flexibility index (Phi) is 6.77. The van der Waals surface area contributed by atoms with Gasteiger partial charge in [0.2, 0.25) is 5.88 Å². The van der Waals surface area contributed by atoms with E-state index in [-0.39, 0.29) is 0 Å². The number of hydrogen-bond acceptors (Lipinski definition) is 6. The second-order valence-electron chi connectivity index (χ2n) is 9.33. The molecule has 0 aliphatic heterocycles. The van der Waals surface area contributed by atoms with E-state index in [0.29, 0.717) is 18.0 Å². The molecule has 0 atom stereocenters. The van der Waals surface area contributed by atoms with Crippen LogP contribution in [0.5, 0.6) is 0 Å². The van der Waals surface area contributed by atoms with Gasteiger partial charge in [0.15, 0.2) is 0 Å². The quantitative estimate of drug-likeness (QED) is 0.229. The zero-order valence-electron chi connectivity index (χ0n) is 21.7. The van der Waals surface area contributed by atoms with Crippen LogP contribution in [0.2, 0.25) is 0 Å². The first-order chi connectivity index (χ1) is 17.9. The van der Waals surface area contributed by atoms with Gasteiger partial charge >= 0.3 is 0 Å². The molecular formula is C30H29N5OS. The number of aromatic nitrogens is 3. The molecule has 6 nitrogen and oxygen atoms in total. The van der Waals surface area contributed by atoms with E-state index in [1.807, 2.05) is 44.2 Å². The number of fused-ring (bicyclic) bond motifs is 1. The summed E-state index contributed by atoms with van der Waals surface area (Å²) in [6.07, 6.45) is 0.845. The van der Waals surface area contributed by atoms with E-state index in [0.717, 1.165) is 56.1 Å². The van der Waals surface area contributed by atoms with Gasteiger partial charge in [-0.1, -0.05) is 48.5 Å². The van der Waals surface area contributed by atoms with E-state index in [2.05, 4.69) is 65.6 Å². The van der Waals surface area contributed by atoms with Crippen LogP contribution in [0, 0.1) is 39.0 Å². The van der Waals surface area contributed by atoms with Gasteiger partial charge < -0.3 is 9.09 Å². The van der Waals surface area contributed by atoms with Crippen LogP contribution >= 0.6 is 11.9 Å². The van der Waals surface area contributed by atoms with Crippen LogP contribution in [-0.4, -0.2) is 14.7 Å². The minimum atomic E-state index is 0.637. The van der Waals surface area contributed by atoms with Crippen LogP contribution in [0.25, 0.3) is 22.2 Å². The predicted octanol–water partition coefficient (Wildman–Crippen LogP) is 7.53. The Morgan fingerprint density at radius 2 is 1.84 bits per heavy atom. The van der Waals surface area contributed by atoms with Gasteiger partial charge in [-0.05, 0) is 80.1 Å². The number of anilines is 1. The first-order valence-electron chi connectivity index (χ1n) is 12.3. The molecular weight excluding hydrogens is 478 g/mol. The van der Waals surface area contributed by atoms with Crippen LogP contribution in [-0.2, 0) is 13.0 Å². The van der Waals surface area contributed by atoms with Crippen LogP contribution < -0.4 is 4.72 Å². The highest BCUT2D eigenvalue weighted by Crippen LogP contribution is 2.35. The minimum Gasteiger partial charge on any atom is -0.337 e. The first kappa shape index (κ1) is 24.7. The lowest BCUT2D eigenvalue weighted by atomic mass is 9.98. The smallest absolute Gasteiger partial charge is 0.237 e. The summed E-state index contributed by atoms with van der Waals surface area (Å²) in [5, 5.41) is 14.1. The number of nitrogens with zero attached hydrogens (tertiary/aromatic N) is 4. The van der Waals surface area contributed by atoms with E-state index >= 15 is 0 Å². The lowest BCUT2D eigenvalue weighted by Crippen LogP contribution is -2.05. The van der Waals surface area contributed by atoms with E-state index in [4.69, 9.17) is 9.51 Å². The summed E-state index contributed by atoms with van der Waals surface area (Å²) in [5.74, 6) is 1.69. The fraction of sp³-hybridized carbons (Fsp3) is 0.233. The van der Waals surface area contributed by atoms with Crippen molar-refractivity contribution < 1.29 is 4.52 Å². The van der Waals surface area contributed by atoms with E-state index in [1.54, 1.807) is 0 Å². The standard InChI is InChI=1S/C30H29N5OS/c1-6-28-32-29-19(3)13-18(2)14-26(29)35(28)17-22-11-12-24(23(15-22)16-31)25-9-7-8-10-27(25)37-34-30-20(4)21(5)33-36-30/h7-15,34H,6,17H2,1-5H3. The lowest BCUT2D eigenvalue weighted by molar-refractivity contribution is 0.431. The summed E-state index contributed by atoms with van der Waals surface area (Å²) in [6, 6.07) is 21.0. The van der Waals surface area contributed by atoms with Crippen molar-refractivity contribution in [3.63, 3.8) is 0 Å². The fourth-order valence-corrected chi connectivity index (χ4v) is 5.48. The molecule has 0 spiro atoms. The fourth-order valence-electron chi connectivity index (χ4n) is 4.65. The van der Waals surface area contributed by atoms with Crippen LogP contribution in [0.4, 0.5) is 5.88 Å². The number of nitriles is 1. The molecule has 0 saturated heterocycles. The number of imidazole rings is 1. The monoisotopic (exact) mass is 507 g/mol. The second-order valence-corrected chi connectivity index (χ2v) is 10.2. The maximum atomic E-state index is 10.1. The predicted molar refractivity (Wildman–Crippen MR) is 150 cm³/mol. The third kappa shape index (κ3) is 4.73. The van der Waals surface area contributed by atoms with Gasteiger partial charge in [-0.2, -0.15) is 5.26 Å². The molecule has 37 heavy (non-hydrogen) atoms. The van der Waals surface area contributed by atoms with Gasteiger partial charge in [0.1, 0.15) is 5.82 Å². The number of hydrogen-bond donors (Lipinski definition) is 1. The number of nitrogens with one attached hydrogen (secondary N) is 1. The molecule has 2 heterocycles. The third-order valence-electron chi connectivity index (χ3n) is 6.72. The van der Waals surface area contributed by atoms with E-state index in [9.17, 15) is 5.26 Å². The van der Waals surface area contributed by atoms with Gasteiger partial charge in [-0.15, -0.1) is 0 Å². The number of benzene rings is 3. The van der Waals surface area contributed by atoms with Crippen molar-refractivity contribution in [1.29, 1.82) is 5.26 Å². The summed E-state index contributed by atoms with van der Waals surface area (Å²) in [5.41, 5.74) is 10.1. The van der Waals surface area contributed by atoms with Crippen molar-refractivity contribution in [2.75, 3.05) is 4.72 Å². The Morgan fingerprint density at radius 3 is 2.57 bits per heavy atom. The summed E-state index contributed by atoms with van der Waals surface area (Å²) in [4.78, 5) is 5.92. The molecule has 0 fully saturated rings. The number of aryl methyl sites for hydroxylation is 4. The molecule has 5 aromatic rings. The van der Waals surface area contributed by atoms with Crippen molar-refractivity contribution in [3.05, 3.63) is 93.9 Å². The topological polar surface area (TPSA) is 79.7 Å². The summed E-state index contributed by atoms with van der Waals surface area (Å²) in [6.45, 7) is 10.9. The normalized spacial score (nSPS) is 11.1. The molecule has 1 N–H and O–H groups in total. The lowest BCUT2D eigenvalue weighted by Gasteiger charge is -2.14. The molecule has 186 valence electrons. The minimum absolute atomic E-state index is 0.637. The highest BCUT2D eigenvalue weighted by atomic mass is 32.2. The SMILES string of the molecule is CCc1nc2c(C)cc(C)cc2n1Cc1ccc(-c2ccccc2SNc2onc(C)c2C)c(C#N)c1. The van der Waals surface area contributed by atoms with Crippen molar-refractivity contribution in [2.45, 2.75) is 52.5 Å². The molecule has 0 aliphatic rings. The molecule has 0 radical (unpaired) electrons. The van der Waals surface area contributed by atoms with Gasteiger partial charge in [-0.25, -0.2) is 4.98 Å². The van der Waals surface area contributed by atoms with Crippen molar-refractivity contribution in [2.24, 2.45) is 0 Å². The molecule has 5 rings (SSSR count). The van der Waals surface area contributed by atoms with E-state index < -0.39 is 0 Å². The Hall–Kier alpha value is -4.02. The number of rotatable bonds is 7. The van der Waals surface area contributed by atoms with Gasteiger partial charge in [0, 0.05) is 29.0 Å². The molecule has 0 unspecified atom stereocenters. The van der Waals surface area contributed by atoms with Gasteiger partial charge in [-0.3, -0.25) is 4.72 Å². The largest absolute Gasteiger partial charge is 0.337 e. The Bertz CT molecular complexity index is 1660. The molecule has 0 amide bonds. The Morgan fingerprint density at radius 1 is 1.03 bits per heavy atom. The third-order valence-corrected chi connectivity index (χ3v) is 7.58. The summed E-state index contributed by atoms with van der Waals surface area (Å²) < 4.78 is 10.9. The molecule has 2 aromatic heterocycles. The van der Waals surface area contributed by atoms with Gasteiger partial charge in [0.25, 0.3) is 0 Å². The molecule has 0 bridgehead atoms. The Balaban J connectivity index is 1.48. The zero-order chi connectivity index (χ0) is 26.1. The zero-order valence-corrected chi connectivity index (χ0v) is 22.5. The van der Waals surface area contributed by atoms with E-state index in [1.165, 1.54) is 23.1 Å². The van der Waals surface area contributed by atoms with Crippen molar-refractivity contribution in [1.82, 2.24) is 14.7 Å². The molecule has 3 aromatic carbocycles. The molecule has 7 heteroatoms. The average Bonchev–Trinajstić information content (AvgIpc) is 3.42. The van der Waals surface area contributed by atoms with Crippen molar-refractivity contribution >= 4 is 28.9 Å². The average molecular weight is 508 g/mol. The molecule has 0 aliphatic carbocycles. The Labute approximate surface area is 221 Å². The highest BCUT2D eigenvalue weighted by molar-refractivity contribution is 8.00. The van der Waals surface area contributed by atoms with Crippen LogP contribution in [0.3, 0.4) is 0 Å². The first-order valence-corrected chi connectivity index (χ1v) is 13.2. The second kappa shape index (κ2) is 10.2. The van der Waals surface area contributed by atoms with Crippen LogP contribution in [0.15, 0.2) is 64.0 Å².